The van der Waals surface area contributed by atoms with Crippen molar-refractivity contribution in [2.45, 2.75) is 19.8 Å². The highest BCUT2D eigenvalue weighted by Crippen LogP contribution is 2.23. The number of carbonyl (C=O) groups excluding carboxylic acids is 1. The maximum atomic E-state index is 12.6. The lowest BCUT2D eigenvalue weighted by Gasteiger charge is -2.32. The van der Waals surface area contributed by atoms with Gasteiger partial charge in [0.25, 0.3) is 0 Å². The van der Waals surface area contributed by atoms with Crippen LogP contribution in [0, 0.1) is 12.8 Å². The third kappa shape index (κ3) is 3.35. The van der Waals surface area contributed by atoms with Gasteiger partial charge in [0.15, 0.2) is 11.5 Å². The summed E-state index contributed by atoms with van der Waals surface area (Å²) in [5, 5.41) is 16.3. The Bertz CT molecular complexity index is 939. The van der Waals surface area contributed by atoms with Crippen LogP contribution in [0.1, 0.15) is 18.7 Å². The maximum absolute atomic E-state index is 12.6. The van der Waals surface area contributed by atoms with Crippen molar-refractivity contribution >= 4 is 34.7 Å². The molecule has 0 spiro atoms. The molecule has 2 aromatic heterocycles. The largest absolute Gasteiger partial charge is 0.354 e. The quantitative estimate of drug-likeness (QED) is 0.767. The number of halogens is 1. The normalized spacial score (nSPS) is 17.5. The van der Waals surface area contributed by atoms with E-state index in [0.29, 0.717) is 11.6 Å². The van der Waals surface area contributed by atoms with Gasteiger partial charge in [0.1, 0.15) is 5.82 Å². The van der Waals surface area contributed by atoms with Crippen LogP contribution in [-0.4, -0.2) is 38.8 Å². The van der Waals surface area contributed by atoms with Gasteiger partial charge in [-0.2, -0.15) is 4.52 Å². The number of benzene rings is 1. The molecule has 1 aliphatic heterocycles. The number of anilines is 2. The number of piperidine rings is 1. The molecule has 1 amide bonds. The van der Waals surface area contributed by atoms with Crippen LogP contribution in [0.4, 0.5) is 11.5 Å². The Morgan fingerprint density at radius 2 is 2.00 bits per heavy atom. The van der Waals surface area contributed by atoms with Crippen LogP contribution in [0.2, 0.25) is 5.02 Å². The molecule has 8 heteroatoms. The third-order valence-corrected chi connectivity index (χ3v) is 4.88. The molecule has 0 radical (unpaired) electrons. The van der Waals surface area contributed by atoms with E-state index in [0.717, 1.165) is 42.4 Å². The van der Waals surface area contributed by atoms with Gasteiger partial charge >= 0.3 is 0 Å². The van der Waals surface area contributed by atoms with Crippen LogP contribution >= 0.6 is 11.6 Å². The van der Waals surface area contributed by atoms with Gasteiger partial charge in [-0.1, -0.05) is 11.6 Å². The van der Waals surface area contributed by atoms with Crippen molar-refractivity contribution in [3.63, 3.8) is 0 Å². The fourth-order valence-electron chi connectivity index (χ4n) is 3.23. The second-order valence-corrected chi connectivity index (χ2v) is 6.93. The summed E-state index contributed by atoms with van der Waals surface area (Å²) >= 11 is 5.89. The predicted octanol–water partition coefficient (Wildman–Crippen LogP) is 2.94. The van der Waals surface area contributed by atoms with Gasteiger partial charge in [0.2, 0.25) is 5.91 Å². The predicted molar refractivity (Wildman–Crippen MR) is 101 cm³/mol. The summed E-state index contributed by atoms with van der Waals surface area (Å²) in [7, 11) is 0. The van der Waals surface area contributed by atoms with Crippen molar-refractivity contribution in [3.8, 4) is 0 Å². The van der Waals surface area contributed by atoms with Gasteiger partial charge in [-0.05, 0) is 56.2 Å². The van der Waals surface area contributed by atoms with Gasteiger partial charge in [0, 0.05) is 23.8 Å². The van der Waals surface area contributed by atoms with E-state index in [4.69, 9.17) is 11.6 Å². The van der Waals surface area contributed by atoms with Crippen molar-refractivity contribution in [2.75, 3.05) is 23.3 Å². The number of hydrogen-bond donors (Lipinski definition) is 1. The zero-order valence-corrected chi connectivity index (χ0v) is 15.1. The number of amides is 1. The minimum Gasteiger partial charge on any atom is -0.354 e. The molecular formula is C18H19ClN6O. The second-order valence-electron chi connectivity index (χ2n) is 6.49. The van der Waals surface area contributed by atoms with Crippen LogP contribution in [0.3, 0.4) is 0 Å². The highest BCUT2D eigenvalue weighted by atomic mass is 35.5. The molecule has 1 unspecified atom stereocenters. The van der Waals surface area contributed by atoms with E-state index in [2.05, 4.69) is 25.5 Å². The fourth-order valence-corrected chi connectivity index (χ4v) is 3.36. The molecule has 4 rings (SSSR count). The molecule has 7 nitrogen and oxygen atoms in total. The molecule has 3 aromatic rings. The van der Waals surface area contributed by atoms with Gasteiger partial charge in [-0.25, -0.2) is 0 Å². The lowest BCUT2D eigenvalue weighted by atomic mass is 9.97. The minimum absolute atomic E-state index is 0.0265. The van der Waals surface area contributed by atoms with Gasteiger partial charge in [0.05, 0.1) is 5.92 Å². The Kier molecular flexibility index (Phi) is 4.46. The van der Waals surface area contributed by atoms with Crippen LogP contribution in [0.25, 0.3) is 5.65 Å². The molecule has 0 aliphatic carbocycles. The van der Waals surface area contributed by atoms with E-state index in [1.807, 2.05) is 31.2 Å². The van der Waals surface area contributed by atoms with Crippen LogP contribution in [0.5, 0.6) is 0 Å². The summed E-state index contributed by atoms with van der Waals surface area (Å²) in [5.74, 6) is 1.53. The minimum atomic E-state index is -0.0843. The first-order valence-electron chi connectivity index (χ1n) is 8.60. The molecule has 26 heavy (non-hydrogen) atoms. The van der Waals surface area contributed by atoms with Crippen molar-refractivity contribution in [1.82, 2.24) is 19.8 Å². The summed E-state index contributed by atoms with van der Waals surface area (Å²) in [4.78, 5) is 14.8. The van der Waals surface area contributed by atoms with Gasteiger partial charge < -0.3 is 10.2 Å². The van der Waals surface area contributed by atoms with E-state index in [9.17, 15) is 4.79 Å². The Hall–Kier alpha value is -2.67. The number of fused-ring (bicyclic) bond motifs is 1. The first kappa shape index (κ1) is 16.8. The second kappa shape index (κ2) is 6.92. The molecule has 1 aromatic carbocycles. The lowest BCUT2D eigenvalue weighted by Crippen LogP contribution is -2.41. The third-order valence-electron chi connectivity index (χ3n) is 4.63. The first-order chi connectivity index (χ1) is 12.6. The molecular weight excluding hydrogens is 352 g/mol. The molecule has 1 atom stereocenters. The smallest absolute Gasteiger partial charge is 0.229 e. The molecule has 1 aliphatic rings. The molecule has 1 N–H and O–H groups in total. The highest BCUT2D eigenvalue weighted by Gasteiger charge is 2.27. The monoisotopic (exact) mass is 370 g/mol. The SMILES string of the molecule is Cc1nnc2ccc(N3CCCC(C(=O)Nc4ccc(Cl)cc4)C3)nn12. The van der Waals surface area contributed by atoms with Gasteiger partial charge in [-0.3, -0.25) is 4.79 Å². The lowest BCUT2D eigenvalue weighted by molar-refractivity contribution is -0.120. The van der Waals surface area contributed by atoms with Crippen LogP contribution in [0.15, 0.2) is 36.4 Å². The zero-order valence-electron chi connectivity index (χ0n) is 14.4. The average molecular weight is 371 g/mol. The van der Waals surface area contributed by atoms with E-state index in [1.165, 1.54) is 0 Å². The maximum Gasteiger partial charge on any atom is 0.229 e. The van der Waals surface area contributed by atoms with Crippen LogP contribution < -0.4 is 10.2 Å². The van der Waals surface area contributed by atoms with E-state index in [-0.39, 0.29) is 11.8 Å². The summed E-state index contributed by atoms with van der Waals surface area (Å²) < 4.78 is 1.73. The Morgan fingerprint density at radius 3 is 2.81 bits per heavy atom. The molecule has 134 valence electrons. The summed E-state index contributed by atoms with van der Waals surface area (Å²) in [6, 6.07) is 11.0. The fraction of sp³-hybridized carbons (Fsp3) is 0.333. The summed E-state index contributed by atoms with van der Waals surface area (Å²) in [6.07, 6.45) is 1.81. The molecule has 0 saturated carbocycles. The van der Waals surface area contributed by atoms with E-state index in [1.54, 1.807) is 16.6 Å². The summed E-state index contributed by atoms with van der Waals surface area (Å²) in [5.41, 5.74) is 1.48. The number of aryl methyl sites for hydroxylation is 1. The number of aromatic nitrogens is 4. The van der Waals surface area contributed by atoms with Crippen molar-refractivity contribution in [1.29, 1.82) is 0 Å². The molecule has 1 fully saturated rings. The van der Waals surface area contributed by atoms with E-state index < -0.39 is 0 Å². The Morgan fingerprint density at radius 1 is 1.19 bits per heavy atom. The van der Waals surface area contributed by atoms with Gasteiger partial charge in [-0.15, -0.1) is 15.3 Å². The molecule has 0 bridgehead atoms. The topological polar surface area (TPSA) is 75.4 Å². The highest BCUT2D eigenvalue weighted by molar-refractivity contribution is 6.30. The van der Waals surface area contributed by atoms with Crippen LogP contribution in [-0.2, 0) is 4.79 Å². The first-order valence-corrected chi connectivity index (χ1v) is 8.98. The standard InChI is InChI=1S/C18H19ClN6O/c1-12-21-22-16-8-9-17(23-25(12)16)24-10-2-3-13(11-24)18(26)20-15-6-4-14(19)5-7-15/h4-9,13H,2-3,10-11H2,1H3,(H,20,26). The zero-order chi connectivity index (χ0) is 18.1. The number of hydrogen-bond acceptors (Lipinski definition) is 5. The number of nitrogens with one attached hydrogen (secondary N) is 1. The van der Waals surface area contributed by atoms with Crippen molar-refractivity contribution in [3.05, 3.63) is 47.2 Å². The average Bonchev–Trinajstić information content (AvgIpc) is 3.04. The molecule has 3 heterocycles. The number of carbonyl (C=O) groups is 1. The van der Waals surface area contributed by atoms with Crippen molar-refractivity contribution in [2.24, 2.45) is 5.92 Å². The Labute approximate surface area is 156 Å². The van der Waals surface area contributed by atoms with Crippen molar-refractivity contribution < 1.29 is 4.79 Å². The number of nitrogens with zero attached hydrogens (tertiary/aromatic N) is 5. The molecule has 1 saturated heterocycles. The Balaban J connectivity index is 1.48. The summed E-state index contributed by atoms with van der Waals surface area (Å²) in [6.45, 7) is 3.39. The van der Waals surface area contributed by atoms with E-state index >= 15 is 0 Å². The number of rotatable bonds is 3.